The lowest BCUT2D eigenvalue weighted by atomic mass is 10.1. The van der Waals surface area contributed by atoms with Gasteiger partial charge in [-0.25, -0.2) is 8.42 Å². The number of nitrogens with zero attached hydrogens (tertiary/aromatic N) is 2. The Hall–Kier alpha value is -3.85. The molecule has 0 spiro atoms. The molecule has 0 aliphatic rings. The van der Waals surface area contributed by atoms with Gasteiger partial charge >= 0.3 is 0 Å². The summed E-state index contributed by atoms with van der Waals surface area (Å²) in [5.41, 5.74) is 1.12. The van der Waals surface area contributed by atoms with Gasteiger partial charge in [0.25, 0.3) is 10.0 Å². The monoisotopic (exact) mass is 551 g/mol. The van der Waals surface area contributed by atoms with Crippen molar-refractivity contribution in [3.05, 3.63) is 90.5 Å². The number of amides is 2. The van der Waals surface area contributed by atoms with Gasteiger partial charge < -0.3 is 15.0 Å². The van der Waals surface area contributed by atoms with Gasteiger partial charge in [-0.3, -0.25) is 13.9 Å². The van der Waals surface area contributed by atoms with Crippen LogP contribution >= 0.6 is 0 Å². The Bertz CT molecular complexity index is 1320. The third-order valence-corrected chi connectivity index (χ3v) is 8.14. The summed E-state index contributed by atoms with van der Waals surface area (Å²) >= 11 is 0. The molecule has 9 heteroatoms. The smallest absolute Gasteiger partial charge is 0.264 e. The molecule has 0 heterocycles. The van der Waals surface area contributed by atoms with E-state index in [0.717, 1.165) is 22.7 Å². The highest BCUT2D eigenvalue weighted by Crippen LogP contribution is 2.25. The SMILES string of the molecule is CCCCNC(=O)C(CC)N(Cc1cccc(OC)c1)C(=O)CN(c1ccccc1)S(=O)(=O)c1ccccc1. The molecule has 1 atom stereocenters. The maximum Gasteiger partial charge on any atom is 0.264 e. The van der Waals surface area contributed by atoms with E-state index in [4.69, 9.17) is 4.74 Å². The quantitative estimate of drug-likeness (QED) is 0.295. The molecule has 8 nitrogen and oxygen atoms in total. The van der Waals surface area contributed by atoms with Crippen molar-refractivity contribution in [1.29, 1.82) is 0 Å². The number of ether oxygens (including phenoxy) is 1. The zero-order valence-electron chi connectivity index (χ0n) is 22.7. The second-order valence-electron chi connectivity index (χ2n) is 9.10. The first-order valence-electron chi connectivity index (χ1n) is 13.1. The number of nitrogens with one attached hydrogen (secondary N) is 1. The molecule has 1 unspecified atom stereocenters. The van der Waals surface area contributed by atoms with Gasteiger partial charge in [-0.1, -0.05) is 68.8 Å². The van der Waals surface area contributed by atoms with E-state index >= 15 is 0 Å². The van der Waals surface area contributed by atoms with Crippen molar-refractivity contribution in [2.75, 3.05) is 24.5 Å². The predicted octanol–water partition coefficient (Wildman–Crippen LogP) is 4.61. The number of carbonyl (C=O) groups excluding carboxylic acids is 2. The van der Waals surface area contributed by atoms with Crippen LogP contribution in [0.3, 0.4) is 0 Å². The molecule has 0 radical (unpaired) electrons. The maximum absolute atomic E-state index is 14.0. The Balaban J connectivity index is 2.00. The van der Waals surface area contributed by atoms with Crippen LogP contribution in [0.1, 0.15) is 38.7 Å². The van der Waals surface area contributed by atoms with Crippen LogP contribution in [0.4, 0.5) is 5.69 Å². The van der Waals surface area contributed by atoms with Crippen LogP contribution < -0.4 is 14.4 Å². The molecule has 0 saturated carbocycles. The number of hydrogen-bond donors (Lipinski definition) is 1. The maximum atomic E-state index is 14.0. The summed E-state index contributed by atoms with van der Waals surface area (Å²) in [7, 11) is -2.51. The van der Waals surface area contributed by atoms with Crippen molar-refractivity contribution in [3.63, 3.8) is 0 Å². The molecule has 0 aromatic heterocycles. The fraction of sp³-hybridized carbons (Fsp3) is 0.333. The largest absolute Gasteiger partial charge is 0.497 e. The molecule has 0 saturated heterocycles. The summed E-state index contributed by atoms with van der Waals surface area (Å²) in [6, 6.07) is 23.0. The number of methoxy groups -OCH3 is 1. The molecule has 2 amide bonds. The molecule has 0 bridgehead atoms. The van der Waals surface area contributed by atoms with Crippen LogP contribution in [0.25, 0.3) is 0 Å². The minimum absolute atomic E-state index is 0.0744. The number of rotatable bonds is 14. The van der Waals surface area contributed by atoms with Gasteiger partial charge in [-0.05, 0) is 54.8 Å². The van der Waals surface area contributed by atoms with Crippen molar-refractivity contribution in [2.24, 2.45) is 0 Å². The molecular weight excluding hydrogens is 514 g/mol. The van der Waals surface area contributed by atoms with E-state index in [-0.39, 0.29) is 17.3 Å². The molecule has 0 fully saturated rings. The lowest BCUT2D eigenvalue weighted by Gasteiger charge is -2.33. The van der Waals surface area contributed by atoms with Gasteiger partial charge in [0.05, 0.1) is 17.7 Å². The first-order chi connectivity index (χ1) is 18.8. The van der Waals surface area contributed by atoms with E-state index in [1.54, 1.807) is 67.8 Å². The fourth-order valence-electron chi connectivity index (χ4n) is 4.24. The van der Waals surface area contributed by atoms with E-state index in [0.29, 0.717) is 24.4 Å². The van der Waals surface area contributed by atoms with Gasteiger partial charge in [-0.2, -0.15) is 0 Å². The molecule has 0 aliphatic carbocycles. The van der Waals surface area contributed by atoms with E-state index in [1.807, 2.05) is 26.0 Å². The summed E-state index contributed by atoms with van der Waals surface area (Å²) in [6.07, 6.45) is 2.11. The highest BCUT2D eigenvalue weighted by atomic mass is 32.2. The minimum atomic E-state index is -4.07. The minimum Gasteiger partial charge on any atom is -0.497 e. The molecule has 208 valence electrons. The van der Waals surface area contributed by atoms with E-state index in [9.17, 15) is 18.0 Å². The van der Waals surface area contributed by atoms with Crippen LogP contribution in [0.2, 0.25) is 0 Å². The summed E-state index contributed by atoms with van der Waals surface area (Å²) in [5, 5.41) is 2.93. The molecule has 39 heavy (non-hydrogen) atoms. The lowest BCUT2D eigenvalue weighted by Crippen LogP contribution is -2.52. The standard InChI is InChI=1S/C30H37N3O5S/c1-4-6-20-31-30(35)28(5-2)32(22-24-14-13-17-26(21-24)38-3)29(34)23-33(25-15-9-7-10-16-25)39(36,37)27-18-11-8-12-19-27/h7-19,21,28H,4-6,20,22-23H2,1-3H3,(H,31,35). The molecule has 1 N–H and O–H groups in total. The Morgan fingerprint density at radius 1 is 0.923 bits per heavy atom. The van der Waals surface area contributed by atoms with Crippen molar-refractivity contribution in [2.45, 2.75) is 50.6 Å². The fourth-order valence-corrected chi connectivity index (χ4v) is 5.67. The first-order valence-corrected chi connectivity index (χ1v) is 14.6. The number of carbonyl (C=O) groups is 2. The number of hydrogen-bond acceptors (Lipinski definition) is 5. The number of benzene rings is 3. The zero-order chi connectivity index (χ0) is 28.3. The van der Waals surface area contributed by atoms with Gasteiger partial charge in [0.2, 0.25) is 11.8 Å². The number of sulfonamides is 1. The normalized spacial score (nSPS) is 11.9. The average Bonchev–Trinajstić information content (AvgIpc) is 2.96. The molecule has 3 rings (SSSR count). The van der Waals surface area contributed by atoms with Crippen molar-refractivity contribution >= 4 is 27.5 Å². The van der Waals surface area contributed by atoms with Crippen LogP contribution in [0.5, 0.6) is 5.75 Å². The first kappa shape index (κ1) is 29.7. The van der Waals surface area contributed by atoms with Gasteiger partial charge in [0.15, 0.2) is 0 Å². The predicted molar refractivity (Wildman–Crippen MR) is 153 cm³/mol. The summed E-state index contributed by atoms with van der Waals surface area (Å²) in [6.45, 7) is 4.03. The van der Waals surface area contributed by atoms with Crippen molar-refractivity contribution in [3.8, 4) is 5.75 Å². The zero-order valence-corrected chi connectivity index (χ0v) is 23.6. The number of unbranched alkanes of at least 4 members (excludes halogenated alkanes) is 1. The molecule has 3 aromatic rings. The molecule has 0 aliphatic heterocycles. The van der Waals surface area contributed by atoms with Crippen molar-refractivity contribution < 1.29 is 22.7 Å². The lowest BCUT2D eigenvalue weighted by molar-refractivity contribution is -0.140. The second kappa shape index (κ2) is 14.3. The Labute approximate surface area is 231 Å². The van der Waals surface area contributed by atoms with Crippen LogP contribution in [0, 0.1) is 0 Å². The topological polar surface area (TPSA) is 96.0 Å². The summed E-state index contributed by atoms with van der Waals surface area (Å²) < 4.78 is 33.9. The van der Waals surface area contributed by atoms with Gasteiger partial charge in [-0.15, -0.1) is 0 Å². The van der Waals surface area contributed by atoms with Crippen LogP contribution in [0.15, 0.2) is 89.8 Å². The Morgan fingerprint density at radius 3 is 2.21 bits per heavy atom. The summed E-state index contributed by atoms with van der Waals surface area (Å²) in [5.74, 6) is -0.129. The van der Waals surface area contributed by atoms with Crippen molar-refractivity contribution in [1.82, 2.24) is 10.2 Å². The van der Waals surface area contributed by atoms with Gasteiger partial charge in [0, 0.05) is 13.1 Å². The van der Waals surface area contributed by atoms with E-state index in [2.05, 4.69) is 5.32 Å². The molecular formula is C30H37N3O5S. The van der Waals surface area contributed by atoms with Gasteiger partial charge in [0.1, 0.15) is 18.3 Å². The second-order valence-corrected chi connectivity index (χ2v) is 11.0. The summed E-state index contributed by atoms with van der Waals surface area (Å²) in [4.78, 5) is 28.8. The van der Waals surface area contributed by atoms with Crippen LogP contribution in [-0.2, 0) is 26.2 Å². The van der Waals surface area contributed by atoms with E-state index < -0.39 is 28.5 Å². The Kier molecular flexibility index (Phi) is 10.9. The third kappa shape index (κ3) is 7.83. The van der Waals surface area contributed by atoms with E-state index in [1.165, 1.54) is 17.0 Å². The highest BCUT2D eigenvalue weighted by Gasteiger charge is 2.33. The highest BCUT2D eigenvalue weighted by molar-refractivity contribution is 7.92. The third-order valence-electron chi connectivity index (χ3n) is 6.36. The number of anilines is 1. The average molecular weight is 552 g/mol. The number of para-hydroxylation sites is 1. The van der Waals surface area contributed by atoms with Crippen LogP contribution in [-0.4, -0.2) is 51.4 Å². The molecule has 3 aromatic carbocycles. The Morgan fingerprint density at radius 2 is 1.59 bits per heavy atom.